The molecule has 3 heterocycles. The number of nitrogens with zero attached hydrogens (tertiary/aromatic N) is 1. The average Bonchev–Trinajstić information content (AvgIpc) is 3.39. The van der Waals surface area contributed by atoms with Crippen LogP contribution >= 0.6 is 0 Å². The topological polar surface area (TPSA) is 72.9 Å². The molecule has 7 heteroatoms. The Hall–Kier alpha value is -3.42. The normalized spacial score (nSPS) is 21.9. The van der Waals surface area contributed by atoms with Crippen molar-refractivity contribution in [1.29, 1.82) is 0 Å². The molecule has 1 atom stereocenters. The van der Waals surface area contributed by atoms with E-state index in [0.717, 1.165) is 33.6 Å². The van der Waals surface area contributed by atoms with Crippen LogP contribution in [0.3, 0.4) is 0 Å². The summed E-state index contributed by atoms with van der Waals surface area (Å²) in [5.41, 5.74) is 5.34. The molecule has 0 saturated carbocycles. The monoisotopic (exact) mass is 487 g/mol. The van der Waals surface area contributed by atoms with Crippen LogP contribution < -0.4 is 9.47 Å². The van der Waals surface area contributed by atoms with E-state index in [1.54, 1.807) is 6.08 Å². The number of Topliss-reactive ketones (excluding diaryl/α,β-unsaturated/α-hetero) is 1. The van der Waals surface area contributed by atoms with Gasteiger partial charge in [0.15, 0.2) is 15.6 Å². The van der Waals surface area contributed by atoms with Gasteiger partial charge < -0.3 is 9.47 Å². The predicted molar refractivity (Wildman–Crippen MR) is 134 cm³/mol. The van der Waals surface area contributed by atoms with Crippen molar-refractivity contribution < 1.29 is 22.7 Å². The first-order chi connectivity index (χ1) is 16.9. The van der Waals surface area contributed by atoms with Crippen molar-refractivity contribution in [3.8, 4) is 22.6 Å². The maximum absolute atomic E-state index is 13.2. The Labute approximate surface area is 204 Å². The molecule has 0 amide bonds. The molecule has 1 unspecified atom stereocenters. The Balaban J connectivity index is 1.25. The second kappa shape index (κ2) is 8.36. The summed E-state index contributed by atoms with van der Waals surface area (Å²) < 4.78 is 35.9. The van der Waals surface area contributed by atoms with Gasteiger partial charge in [0.25, 0.3) is 0 Å². The number of rotatable bonds is 3. The molecular formula is C28H25NO5S. The van der Waals surface area contributed by atoms with Gasteiger partial charge in [0.1, 0.15) is 18.2 Å². The van der Waals surface area contributed by atoms with E-state index in [0.29, 0.717) is 31.0 Å². The summed E-state index contributed by atoms with van der Waals surface area (Å²) >= 11 is 0. The molecule has 6 rings (SSSR count). The van der Waals surface area contributed by atoms with Crippen LogP contribution in [0, 0.1) is 6.92 Å². The number of ether oxygens (including phenoxy) is 2. The number of allylic oxidation sites excluding steroid dienone is 1. The molecule has 1 saturated heterocycles. The first-order valence-electron chi connectivity index (χ1n) is 11.7. The summed E-state index contributed by atoms with van der Waals surface area (Å²) in [6.45, 7) is 2.78. The van der Waals surface area contributed by atoms with Crippen molar-refractivity contribution in [1.82, 2.24) is 4.90 Å². The molecule has 0 radical (unpaired) electrons. The number of carbonyl (C=O) groups is 1. The molecule has 0 spiro atoms. The summed E-state index contributed by atoms with van der Waals surface area (Å²) in [5.74, 6) is 1.78. The largest absolute Gasteiger partial charge is 0.477 e. The Morgan fingerprint density at radius 2 is 1.74 bits per heavy atom. The molecule has 3 aromatic rings. The van der Waals surface area contributed by atoms with Gasteiger partial charge in [-0.05, 0) is 42.2 Å². The van der Waals surface area contributed by atoms with Gasteiger partial charge in [0.2, 0.25) is 5.78 Å². The molecule has 3 aliphatic rings. The van der Waals surface area contributed by atoms with Crippen molar-refractivity contribution in [3.05, 3.63) is 88.7 Å². The summed E-state index contributed by atoms with van der Waals surface area (Å²) in [4.78, 5) is 15.3. The quantitative estimate of drug-likeness (QED) is 0.502. The fourth-order valence-electron chi connectivity index (χ4n) is 5.12. The molecule has 0 N–H and O–H groups in total. The van der Waals surface area contributed by atoms with Crippen molar-refractivity contribution >= 4 is 21.7 Å². The highest BCUT2D eigenvalue weighted by molar-refractivity contribution is 7.91. The van der Waals surface area contributed by atoms with E-state index < -0.39 is 9.84 Å². The zero-order chi connectivity index (χ0) is 24.2. The Bertz CT molecular complexity index is 1460. The van der Waals surface area contributed by atoms with Gasteiger partial charge in [0, 0.05) is 23.7 Å². The molecule has 1 fully saturated rings. The lowest BCUT2D eigenvalue weighted by molar-refractivity contribution is 0.0637. The highest BCUT2D eigenvalue weighted by Crippen LogP contribution is 2.43. The highest BCUT2D eigenvalue weighted by Gasteiger charge is 2.37. The van der Waals surface area contributed by atoms with E-state index >= 15 is 0 Å². The Morgan fingerprint density at radius 3 is 2.46 bits per heavy atom. The first-order valence-corrected chi connectivity index (χ1v) is 13.5. The fraction of sp³-hybridized carbons (Fsp3) is 0.250. The van der Waals surface area contributed by atoms with Gasteiger partial charge >= 0.3 is 0 Å². The van der Waals surface area contributed by atoms with Crippen LogP contribution in [-0.2, 0) is 16.4 Å². The molecular weight excluding hydrogens is 462 g/mol. The number of sulfone groups is 1. The minimum atomic E-state index is -2.98. The van der Waals surface area contributed by atoms with Gasteiger partial charge in [-0.2, -0.15) is 0 Å². The van der Waals surface area contributed by atoms with E-state index in [2.05, 4.69) is 12.1 Å². The SMILES string of the molecule is Cc1c2c(cc3c1O/C(=C\c1ccc(-c4ccccc4)cc1)C3=O)CN(C1CCS(=O)(=O)C1)CO2. The summed E-state index contributed by atoms with van der Waals surface area (Å²) in [6.07, 6.45) is 2.38. The molecule has 6 nitrogen and oxygen atoms in total. The number of fused-ring (bicyclic) bond motifs is 2. The third-order valence-electron chi connectivity index (χ3n) is 7.00. The second-order valence-corrected chi connectivity index (χ2v) is 11.6. The third-order valence-corrected chi connectivity index (χ3v) is 8.76. The third kappa shape index (κ3) is 4.05. The van der Waals surface area contributed by atoms with Gasteiger partial charge in [-0.15, -0.1) is 0 Å². The van der Waals surface area contributed by atoms with Gasteiger partial charge in [-0.25, -0.2) is 8.42 Å². The second-order valence-electron chi connectivity index (χ2n) is 9.37. The minimum Gasteiger partial charge on any atom is -0.477 e. The maximum atomic E-state index is 13.2. The Kier molecular flexibility index (Phi) is 5.27. The smallest absolute Gasteiger partial charge is 0.231 e. The van der Waals surface area contributed by atoms with Crippen LogP contribution in [0.5, 0.6) is 11.5 Å². The van der Waals surface area contributed by atoms with Crippen LogP contribution in [0.4, 0.5) is 0 Å². The lowest BCUT2D eigenvalue weighted by Gasteiger charge is -2.33. The number of benzene rings is 3. The summed E-state index contributed by atoms with van der Waals surface area (Å²) in [5, 5.41) is 0. The molecule has 3 aromatic carbocycles. The minimum absolute atomic E-state index is 0.0528. The van der Waals surface area contributed by atoms with Crippen LogP contribution in [0.2, 0.25) is 0 Å². The van der Waals surface area contributed by atoms with Crippen LogP contribution in [0.15, 0.2) is 66.4 Å². The molecule has 178 valence electrons. The van der Waals surface area contributed by atoms with Crippen molar-refractivity contribution in [2.75, 3.05) is 18.2 Å². The maximum Gasteiger partial charge on any atom is 0.231 e. The van der Waals surface area contributed by atoms with Gasteiger partial charge in [-0.3, -0.25) is 9.69 Å². The van der Waals surface area contributed by atoms with Crippen molar-refractivity contribution in [2.24, 2.45) is 0 Å². The van der Waals surface area contributed by atoms with Gasteiger partial charge in [0.05, 0.1) is 17.1 Å². The summed E-state index contributed by atoms with van der Waals surface area (Å²) in [7, 11) is -2.98. The molecule has 0 aromatic heterocycles. The van der Waals surface area contributed by atoms with Crippen molar-refractivity contribution in [3.63, 3.8) is 0 Å². The number of ketones is 1. The fourth-order valence-corrected chi connectivity index (χ4v) is 6.88. The predicted octanol–water partition coefficient (Wildman–Crippen LogP) is 4.62. The van der Waals surface area contributed by atoms with Crippen LogP contribution in [0.1, 0.15) is 33.5 Å². The average molecular weight is 488 g/mol. The van der Waals surface area contributed by atoms with E-state index in [1.807, 2.05) is 60.4 Å². The van der Waals surface area contributed by atoms with Crippen molar-refractivity contribution in [2.45, 2.75) is 25.9 Å². The first kappa shape index (κ1) is 22.1. The molecule has 3 aliphatic heterocycles. The summed E-state index contributed by atoms with van der Waals surface area (Å²) in [6, 6.07) is 19.9. The van der Waals surface area contributed by atoms with Crippen LogP contribution in [0.25, 0.3) is 17.2 Å². The number of hydrogen-bond donors (Lipinski definition) is 0. The highest BCUT2D eigenvalue weighted by atomic mass is 32.2. The Morgan fingerprint density at radius 1 is 1.00 bits per heavy atom. The standard InChI is InChI=1S/C28H25NO5S/c1-18-27-22(15-29(17-33-27)23-11-12-35(31,32)16-23)14-24-26(30)25(34-28(18)24)13-19-7-9-21(10-8-19)20-5-3-2-4-6-20/h2-10,13-14,23H,11-12,15-17H2,1H3/b25-13-. The number of carbonyl (C=O) groups excluding carboxylic acids is 1. The van der Waals surface area contributed by atoms with Gasteiger partial charge in [-0.1, -0.05) is 54.6 Å². The molecule has 0 aliphatic carbocycles. The lowest BCUT2D eigenvalue weighted by Crippen LogP contribution is -2.41. The van der Waals surface area contributed by atoms with Crippen LogP contribution in [-0.4, -0.2) is 43.4 Å². The lowest BCUT2D eigenvalue weighted by atomic mass is 9.99. The zero-order valence-corrected chi connectivity index (χ0v) is 20.2. The molecule has 0 bridgehead atoms. The zero-order valence-electron chi connectivity index (χ0n) is 19.4. The van der Waals surface area contributed by atoms with E-state index in [4.69, 9.17) is 9.47 Å². The number of hydrogen-bond acceptors (Lipinski definition) is 6. The van der Waals surface area contributed by atoms with E-state index in [-0.39, 0.29) is 29.1 Å². The molecule has 35 heavy (non-hydrogen) atoms. The van der Waals surface area contributed by atoms with E-state index in [1.165, 1.54) is 0 Å². The van der Waals surface area contributed by atoms with E-state index in [9.17, 15) is 13.2 Å².